The highest BCUT2D eigenvalue weighted by Gasteiger charge is 2.15. The van der Waals surface area contributed by atoms with Gasteiger partial charge in [-0.3, -0.25) is 0 Å². The van der Waals surface area contributed by atoms with Crippen LogP contribution >= 0.6 is 0 Å². The molecule has 0 amide bonds. The highest BCUT2D eigenvalue weighted by Crippen LogP contribution is 2.35. The molecule has 0 atom stereocenters. The van der Waals surface area contributed by atoms with Gasteiger partial charge >= 0.3 is 0 Å². The molecule has 0 unspecified atom stereocenters. The van der Waals surface area contributed by atoms with E-state index in [9.17, 15) is 8.78 Å². The van der Waals surface area contributed by atoms with Crippen molar-refractivity contribution in [1.82, 2.24) is 0 Å². The Balaban J connectivity index is 2.46. The second-order valence-corrected chi connectivity index (χ2v) is 4.50. The van der Waals surface area contributed by atoms with Crippen molar-refractivity contribution in [2.24, 2.45) is 0 Å². The van der Waals surface area contributed by atoms with E-state index < -0.39 is 5.82 Å². The predicted octanol–water partition coefficient (Wildman–Crippen LogP) is 4.10. The fraction of sp³-hybridized carbons (Fsp3) is 0.250. The van der Waals surface area contributed by atoms with Crippen LogP contribution in [0.3, 0.4) is 0 Å². The number of nitrogens with zero attached hydrogens (tertiary/aromatic N) is 1. The fourth-order valence-corrected chi connectivity index (χ4v) is 2.17. The Bertz CT molecular complexity index is 614. The van der Waals surface area contributed by atoms with Crippen LogP contribution in [0.5, 0.6) is 5.75 Å². The van der Waals surface area contributed by atoms with E-state index in [1.165, 1.54) is 18.2 Å². The van der Waals surface area contributed by atoms with Gasteiger partial charge in [-0.15, -0.1) is 0 Å². The zero-order valence-electron chi connectivity index (χ0n) is 12.1. The molecule has 2 rings (SSSR count). The molecule has 0 aromatic heterocycles. The second kappa shape index (κ2) is 6.43. The van der Waals surface area contributed by atoms with E-state index >= 15 is 0 Å². The van der Waals surface area contributed by atoms with Crippen molar-refractivity contribution in [3.05, 3.63) is 48.0 Å². The van der Waals surface area contributed by atoms with Crippen LogP contribution in [0.15, 0.2) is 36.4 Å². The molecule has 21 heavy (non-hydrogen) atoms. The molecule has 0 bridgehead atoms. The van der Waals surface area contributed by atoms with E-state index in [1.807, 2.05) is 11.8 Å². The van der Waals surface area contributed by atoms with Crippen LogP contribution < -0.4 is 15.4 Å². The Kier molecular flexibility index (Phi) is 4.62. The van der Waals surface area contributed by atoms with Crippen LogP contribution in [-0.4, -0.2) is 13.2 Å². The number of anilines is 3. The molecule has 112 valence electrons. The van der Waals surface area contributed by atoms with Crippen LogP contribution in [0, 0.1) is 11.6 Å². The first kappa shape index (κ1) is 15.1. The summed E-state index contributed by atoms with van der Waals surface area (Å²) < 4.78 is 32.1. The number of rotatable bonds is 5. The molecule has 0 fully saturated rings. The molecule has 0 radical (unpaired) electrons. The van der Waals surface area contributed by atoms with Gasteiger partial charge in [-0.25, -0.2) is 8.78 Å². The first-order chi connectivity index (χ1) is 10.1. The number of benzene rings is 2. The monoisotopic (exact) mass is 292 g/mol. The van der Waals surface area contributed by atoms with Gasteiger partial charge < -0.3 is 15.4 Å². The first-order valence-electron chi connectivity index (χ1n) is 6.81. The van der Waals surface area contributed by atoms with Crippen molar-refractivity contribution >= 4 is 17.1 Å². The minimum absolute atomic E-state index is 0.155. The Hall–Kier alpha value is -2.30. The van der Waals surface area contributed by atoms with Gasteiger partial charge in [0, 0.05) is 24.4 Å². The van der Waals surface area contributed by atoms with E-state index in [2.05, 4.69) is 0 Å². The third-order valence-corrected chi connectivity index (χ3v) is 3.13. The number of hydrogen-bond acceptors (Lipinski definition) is 3. The highest BCUT2D eigenvalue weighted by atomic mass is 19.1. The average molecular weight is 292 g/mol. The van der Waals surface area contributed by atoms with Crippen molar-refractivity contribution in [2.75, 3.05) is 23.8 Å². The molecule has 2 aromatic rings. The summed E-state index contributed by atoms with van der Waals surface area (Å²) in [6, 6.07) is 8.87. The maximum atomic E-state index is 13.8. The van der Waals surface area contributed by atoms with Crippen molar-refractivity contribution in [2.45, 2.75) is 13.8 Å². The summed E-state index contributed by atoms with van der Waals surface area (Å²) in [4.78, 5) is 1.87. The lowest BCUT2D eigenvalue weighted by Crippen LogP contribution is -2.18. The minimum Gasteiger partial charge on any atom is -0.491 e. The Morgan fingerprint density at radius 1 is 1.10 bits per heavy atom. The molecule has 5 heteroatoms. The van der Waals surface area contributed by atoms with Crippen molar-refractivity contribution in [3.63, 3.8) is 0 Å². The zero-order chi connectivity index (χ0) is 15.4. The summed E-state index contributed by atoms with van der Waals surface area (Å²) in [7, 11) is 0. The molecule has 0 saturated heterocycles. The number of nitrogen functional groups attached to an aromatic ring is 1. The highest BCUT2D eigenvalue weighted by molar-refractivity contribution is 5.76. The first-order valence-corrected chi connectivity index (χ1v) is 6.81. The number of ether oxygens (including phenoxy) is 1. The molecule has 0 aliphatic heterocycles. The van der Waals surface area contributed by atoms with Crippen LogP contribution in [-0.2, 0) is 0 Å². The summed E-state index contributed by atoms with van der Waals surface area (Å²) in [6.45, 7) is 4.69. The van der Waals surface area contributed by atoms with Crippen LogP contribution in [0.25, 0.3) is 0 Å². The standard InChI is InChI=1S/C16H18F2N2O/c1-3-20(12-7-5-11(17)6-8-12)15-10-16(21-4-2)13(18)9-14(15)19/h5-10H,3-4,19H2,1-2H3. The van der Waals surface area contributed by atoms with Gasteiger partial charge in [-0.05, 0) is 38.1 Å². The van der Waals surface area contributed by atoms with Gasteiger partial charge in [0.2, 0.25) is 0 Å². The molecule has 2 N–H and O–H groups in total. The molecule has 0 heterocycles. The molecule has 0 saturated carbocycles. The molecular formula is C16H18F2N2O. The number of halogens is 2. The lowest BCUT2D eigenvalue weighted by molar-refractivity contribution is 0.322. The molecule has 3 nitrogen and oxygen atoms in total. The second-order valence-electron chi connectivity index (χ2n) is 4.50. The van der Waals surface area contributed by atoms with Gasteiger partial charge in [-0.1, -0.05) is 0 Å². The van der Waals surface area contributed by atoms with E-state index in [4.69, 9.17) is 10.5 Å². The lowest BCUT2D eigenvalue weighted by atomic mass is 10.2. The van der Waals surface area contributed by atoms with Crippen molar-refractivity contribution in [3.8, 4) is 5.75 Å². The molecule has 0 aliphatic rings. The third-order valence-electron chi connectivity index (χ3n) is 3.13. The van der Waals surface area contributed by atoms with E-state index in [0.29, 0.717) is 24.5 Å². The topological polar surface area (TPSA) is 38.5 Å². The maximum Gasteiger partial charge on any atom is 0.167 e. The Labute approximate surface area is 122 Å². The largest absolute Gasteiger partial charge is 0.491 e. The molecule has 2 aromatic carbocycles. The number of nitrogens with two attached hydrogens (primary N) is 1. The molecule has 0 aliphatic carbocycles. The Morgan fingerprint density at radius 3 is 2.33 bits per heavy atom. The lowest BCUT2D eigenvalue weighted by Gasteiger charge is -2.25. The van der Waals surface area contributed by atoms with Crippen molar-refractivity contribution in [1.29, 1.82) is 0 Å². The minimum atomic E-state index is -0.492. The predicted molar refractivity (Wildman–Crippen MR) is 81.1 cm³/mol. The quantitative estimate of drug-likeness (QED) is 0.843. The summed E-state index contributed by atoms with van der Waals surface area (Å²) in [5, 5.41) is 0. The maximum absolute atomic E-state index is 13.8. The van der Waals surface area contributed by atoms with E-state index in [-0.39, 0.29) is 11.6 Å². The van der Waals surface area contributed by atoms with Gasteiger partial charge in [0.1, 0.15) is 5.82 Å². The van der Waals surface area contributed by atoms with Gasteiger partial charge in [0.25, 0.3) is 0 Å². The van der Waals surface area contributed by atoms with Crippen LogP contribution in [0.2, 0.25) is 0 Å². The van der Waals surface area contributed by atoms with Gasteiger partial charge in [0.05, 0.1) is 18.0 Å². The van der Waals surface area contributed by atoms with Gasteiger partial charge in [-0.2, -0.15) is 0 Å². The van der Waals surface area contributed by atoms with E-state index in [0.717, 1.165) is 5.69 Å². The normalized spacial score (nSPS) is 10.5. The smallest absolute Gasteiger partial charge is 0.167 e. The molecule has 0 spiro atoms. The fourth-order valence-electron chi connectivity index (χ4n) is 2.17. The van der Waals surface area contributed by atoms with Gasteiger partial charge in [0.15, 0.2) is 11.6 Å². The average Bonchev–Trinajstić information content (AvgIpc) is 2.46. The summed E-state index contributed by atoms with van der Waals surface area (Å²) >= 11 is 0. The summed E-state index contributed by atoms with van der Waals surface area (Å²) in [5.41, 5.74) is 7.64. The van der Waals surface area contributed by atoms with Crippen LogP contribution in [0.4, 0.5) is 25.8 Å². The summed E-state index contributed by atoms with van der Waals surface area (Å²) in [5.74, 6) is -0.646. The zero-order valence-corrected chi connectivity index (χ0v) is 12.1. The van der Waals surface area contributed by atoms with Crippen molar-refractivity contribution < 1.29 is 13.5 Å². The molecular weight excluding hydrogens is 274 g/mol. The number of hydrogen-bond donors (Lipinski definition) is 1. The third kappa shape index (κ3) is 3.24. The van der Waals surface area contributed by atoms with E-state index in [1.54, 1.807) is 25.1 Å². The summed E-state index contributed by atoms with van der Waals surface area (Å²) in [6.07, 6.45) is 0. The Morgan fingerprint density at radius 2 is 1.76 bits per heavy atom. The van der Waals surface area contributed by atoms with Crippen LogP contribution in [0.1, 0.15) is 13.8 Å². The SMILES string of the molecule is CCOc1cc(N(CC)c2ccc(F)cc2)c(N)cc1F.